The zero-order valence-electron chi connectivity index (χ0n) is 34.6. The van der Waals surface area contributed by atoms with Gasteiger partial charge < -0.3 is 28.6 Å². The lowest BCUT2D eigenvalue weighted by Crippen LogP contribution is -2.31. The van der Waals surface area contributed by atoms with Crippen LogP contribution in [0.15, 0.2) is 75.9 Å². The second kappa shape index (κ2) is 23.6. The van der Waals surface area contributed by atoms with Crippen molar-refractivity contribution in [3.63, 3.8) is 0 Å². The number of hydrogen-bond acceptors (Lipinski definition) is 11. The van der Waals surface area contributed by atoms with Gasteiger partial charge in [0.2, 0.25) is 5.36 Å². The highest BCUT2D eigenvalue weighted by Gasteiger charge is 2.43. The summed E-state index contributed by atoms with van der Waals surface area (Å²) in [4.78, 5) is 13.1. The molecule has 0 saturated heterocycles. The molecule has 1 aromatic carbocycles. The third kappa shape index (κ3) is 13.9. The van der Waals surface area contributed by atoms with E-state index in [1.807, 2.05) is 70.2 Å². The molecule has 0 aromatic heterocycles. The average molecular weight is 850 g/mol. The van der Waals surface area contributed by atoms with Crippen molar-refractivity contribution in [2.75, 3.05) is 77.5 Å². The molecule has 1 unspecified atom stereocenters. The van der Waals surface area contributed by atoms with Gasteiger partial charge in [-0.3, -0.25) is 13.5 Å². The van der Waals surface area contributed by atoms with Gasteiger partial charge in [0.25, 0.3) is 20.2 Å². The number of hydrogen-bond donors (Lipinski definition) is 2. The minimum atomic E-state index is -4.49. The summed E-state index contributed by atoms with van der Waals surface area (Å²) < 4.78 is 87.3. The number of benzene rings is 2. The Bertz CT molecular complexity index is 2090. The van der Waals surface area contributed by atoms with Crippen LogP contribution in [0.2, 0.25) is 0 Å². The van der Waals surface area contributed by atoms with Crippen molar-refractivity contribution in [1.29, 1.82) is 0 Å². The number of unbranched alkanes of at least 4 members (excludes halogenated alkanes) is 2. The Morgan fingerprint density at radius 1 is 0.931 bits per heavy atom. The van der Waals surface area contributed by atoms with Crippen molar-refractivity contribution in [2.24, 2.45) is 0 Å². The van der Waals surface area contributed by atoms with Gasteiger partial charge in [-0.25, -0.2) is 4.58 Å². The number of carbonyl (C=O) groups is 1. The normalized spacial score (nSPS) is 16.8. The summed E-state index contributed by atoms with van der Waals surface area (Å²) in [5.41, 5.74) is 3.47. The summed E-state index contributed by atoms with van der Waals surface area (Å²) in [5.74, 6) is -0.261. The van der Waals surface area contributed by atoms with Gasteiger partial charge in [-0.05, 0) is 80.6 Å². The van der Waals surface area contributed by atoms with Crippen LogP contribution in [0, 0.1) is 0 Å². The van der Waals surface area contributed by atoms with Crippen LogP contribution in [0.3, 0.4) is 0 Å². The first-order chi connectivity index (χ1) is 27.7. The maximum Gasteiger partial charge on any atom is 0.303 e. The summed E-state index contributed by atoms with van der Waals surface area (Å²) >= 11 is 0. The number of ether oxygens (including phenoxy) is 3. The number of carboxylic acid groups (broad SMARTS) is 1. The van der Waals surface area contributed by atoms with E-state index < -0.39 is 31.6 Å². The third-order valence-corrected chi connectivity index (χ3v) is 12.0. The monoisotopic (exact) mass is 849 g/mol. The molecule has 0 amide bonds. The van der Waals surface area contributed by atoms with E-state index in [-0.39, 0.29) is 17.1 Å². The van der Waals surface area contributed by atoms with Gasteiger partial charge in [0, 0.05) is 61.5 Å². The number of aliphatic carboxylic acids is 1. The topological polar surface area (TPSA) is 182 Å². The molecule has 1 aliphatic carbocycles. The molecule has 4 rings (SSSR count). The molecule has 58 heavy (non-hydrogen) atoms. The van der Waals surface area contributed by atoms with Gasteiger partial charge in [0.1, 0.15) is 18.8 Å². The Morgan fingerprint density at radius 3 is 2.33 bits per heavy atom. The van der Waals surface area contributed by atoms with Crippen LogP contribution in [0.1, 0.15) is 77.3 Å². The van der Waals surface area contributed by atoms with E-state index in [1.54, 1.807) is 19.4 Å². The van der Waals surface area contributed by atoms with E-state index >= 15 is 0 Å². The first-order valence-corrected chi connectivity index (χ1v) is 22.8. The van der Waals surface area contributed by atoms with E-state index in [9.17, 15) is 26.2 Å². The molecule has 2 heterocycles. The fourth-order valence-electron chi connectivity index (χ4n) is 6.85. The molecule has 0 fully saturated rings. The smallest absolute Gasteiger partial charge is 0.303 e. The van der Waals surface area contributed by atoms with Crippen molar-refractivity contribution in [3.8, 4) is 11.3 Å². The highest BCUT2D eigenvalue weighted by Crippen LogP contribution is 2.51. The van der Waals surface area contributed by atoms with E-state index in [1.165, 1.54) is 12.1 Å². The lowest BCUT2D eigenvalue weighted by Gasteiger charge is -2.30. The van der Waals surface area contributed by atoms with Gasteiger partial charge >= 0.3 is 5.97 Å². The summed E-state index contributed by atoms with van der Waals surface area (Å²) in [6, 6.07) is 12.4. The molecule has 2 aliphatic heterocycles. The van der Waals surface area contributed by atoms with Crippen molar-refractivity contribution in [3.05, 3.63) is 83.1 Å². The number of nitrogens with zero attached hydrogens (tertiary/aromatic N) is 2. The predicted octanol–water partition coefficient (Wildman–Crippen LogP) is 6.21. The second-order valence-corrected chi connectivity index (χ2v) is 16.9. The van der Waals surface area contributed by atoms with Gasteiger partial charge in [-0.2, -0.15) is 16.8 Å². The number of anilines is 1. The van der Waals surface area contributed by atoms with Crippen molar-refractivity contribution >= 4 is 38.0 Å². The highest BCUT2D eigenvalue weighted by atomic mass is 32.2. The van der Waals surface area contributed by atoms with Crippen molar-refractivity contribution in [1.82, 2.24) is 4.58 Å². The lowest BCUT2D eigenvalue weighted by molar-refractivity contribution is -0.137. The molecule has 3 aliphatic rings. The molecule has 0 spiro atoms. The zero-order chi connectivity index (χ0) is 42.8. The van der Waals surface area contributed by atoms with E-state index in [2.05, 4.69) is 13.7 Å². The molecule has 322 valence electrons. The Labute approximate surface area is 344 Å². The molecule has 14 nitrogen and oxygen atoms in total. The molecular weight excluding hydrogens is 789 g/mol. The molecule has 16 heteroatoms. The average Bonchev–Trinajstić information content (AvgIpc) is 3.43. The Kier molecular flexibility index (Phi) is 19.7. The Morgan fingerprint density at radius 2 is 1.66 bits per heavy atom. The van der Waals surface area contributed by atoms with Gasteiger partial charge in [0.05, 0.1) is 56.5 Å². The van der Waals surface area contributed by atoms with Crippen LogP contribution in [-0.2, 0) is 48.8 Å². The van der Waals surface area contributed by atoms with E-state index in [0.717, 1.165) is 40.5 Å². The third-order valence-electron chi connectivity index (χ3n) is 9.90. The van der Waals surface area contributed by atoms with Crippen molar-refractivity contribution in [2.45, 2.75) is 76.5 Å². The van der Waals surface area contributed by atoms with Crippen LogP contribution in [0.25, 0.3) is 17.4 Å². The molecule has 2 N–H and O–H groups in total. The quantitative estimate of drug-likeness (QED) is 0.0450. The molecule has 0 bridgehead atoms. The Hall–Kier alpha value is -3.90. The zero-order valence-corrected chi connectivity index (χ0v) is 36.3. The first kappa shape index (κ1) is 48.5. The number of methoxy groups -OCH3 is 1. The number of rotatable bonds is 24. The molecular formula is C42H61N2O12S2+. The number of fused-ring (bicyclic) bond motifs is 2. The van der Waals surface area contributed by atoms with Gasteiger partial charge in [0.15, 0.2) is 0 Å². The molecule has 1 aromatic rings. The minimum Gasteiger partial charge on any atom is -0.481 e. The minimum absolute atomic E-state index is 0.0757. The van der Waals surface area contributed by atoms with Crippen LogP contribution < -0.4 is 14.8 Å². The predicted molar refractivity (Wildman–Crippen MR) is 225 cm³/mol. The molecule has 0 saturated carbocycles. The van der Waals surface area contributed by atoms with Crippen LogP contribution in [0.5, 0.6) is 0 Å². The fourth-order valence-corrected chi connectivity index (χ4v) is 8.00. The summed E-state index contributed by atoms with van der Waals surface area (Å²) in [6.07, 6.45) is 10.5. The highest BCUT2D eigenvalue weighted by molar-refractivity contribution is 7.86. The largest absolute Gasteiger partial charge is 0.481 e. The van der Waals surface area contributed by atoms with Gasteiger partial charge in [-0.15, -0.1) is 0 Å². The fraction of sp³-hybridized carbons (Fsp3) is 0.524. The standard InChI is InChI=1S/C40H54N2O12S2.C2H6/c1-5-41(20-10-28-55(45,46)51-4)32-14-16-34-31(18-22-54-37(34)29-32)11-9-12-38-40(2,19-23-52-26-27-53-25-24-50-3)35-30-33(56(47,48)49)15-17-36(35)42(38)21-8-6-7-13-39(43)44;1-2/h9,11-12,14-18,22,29-30H,5-8,10,13,19-21,23-28H2,1-4H3,(H-,43,44,47,48,49);1-2H3/p+1. The summed E-state index contributed by atoms with van der Waals surface area (Å²) in [7, 11) is -5.26. The molecule has 0 radical (unpaired) electrons. The van der Waals surface area contributed by atoms with Crippen LogP contribution in [0.4, 0.5) is 5.69 Å². The summed E-state index contributed by atoms with van der Waals surface area (Å²) in [5, 5.41) is 10.0. The van der Waals surface area contributed by atoms with Crippen LogP contribution >= 0.6 is 0 Å². The number of allylic oxidation sites excluding steroid dienone is 3. The SMILES string of the molecule is CC.CC[N+](CCCS(=O)(=O)OC)=c1ccc2c(/C=C/C=C3/N(CCCCCC(=O)O)c4ccc(S(=O)(=O)O)cc4C3(C)CCOCCOCCOC)ccoc-2c1. The summed E-state index contributed by atoms with van der Waals surface area (Å²) in [6.45, 7) is 11.8. The number of carboxylic acids is 1. The first-order valence-electron chi connectivity index (χ1n) is 19.8. The van der Waals surface area contributed by atoms with Gasteiger partial charge in [-0.1, -0.05) is 32.4 Å². The van der Waals surface area contributed by atoms with Crippen molar-refractivity contribution < 1.29 is 54.1 Å². The maximum absolute atomic E-state index is 12.3. The van der Waals surface area contributed by atoms with E-state index in [0.29, 0.717) is 90.5 Å². The Balaban J connectivity index is 0.00000443. The van der Waals surface area contributed by atoms with Crippen LogP contribution in [-0.4, -0.2) is 105 Å². The second-order valence-electron chi connectivity index (χ2n) is 13.6. The maximum atomic E-state index is 12.3. The molecule has 1 atom stereocenters. The van der Waals surface area contributed by atoms with E-state index in [4.69, 9.17) is 23.7 Å². The lowest BCUT2D eigenvalue weighted by atomic mass is 9.78.